The smallest absolute Gasteiger partial charge is 0.284 e. The molecular weight excluding hydrogens is 341 g/mol. The molecule has 0 aliphatic carbocycles. The summed E-state index contributed by atoms with van der Waals surface area (Å²) >= 11 is 1.86. The highest BCUT2D eigenvalue weighted by molar-refractivity contribution is 14.1. The van der Waals surface area contributed by atoms with E-state index in [1.54, 1.807) is 0 Å². The Hall–Kier alpha value is -1.11. The van der Waals surface area contributed by atoms with Crippen molar-refractivity contribution < 1.29 is 4.79 Å². The summed E-state index contributed by atoms with van der Waals surface area (Å²) in [5.41, 5.74) is 1.69. The fourth-order valence-electron chi connectivity index (χ4n) is 2.70. The van der Waals surface area contributed by atoms with Crippen LogP contribution in [0.2, 0.25) is 0 Å². The van der Waals surface area contributed by atoms with Crippen LogP contribution in [-0.2, 0) is 5.54 Å². The average Bonchev–Trinajstić information content (AvgIpc) is 2.92. The highest BCUT2D eigenvalue weighted by Crippen LogP contribution is 2.38. The van der Waals surface area contributed by atoms with Crippen LogP contribution < -0.4 is 0 Å². The number of halogens is 1. The molecule has 18 heavy (non-hydrogen) atoms. The molecule has 1 aromatic heterocycles. The zero-order valence-electron chi connectivity index (χ0n) is 10.1. The predicted molar refractivity (Wildman–Crippen MR) is 78.8 cm³/mol. The number of nitrogens with zero attached hydrogens (tertiary/aromatic N) is 2. The lowest BCUT2D eigenvalue weighted by Gasteiger charge is -2.31. The van der Waals surface area contributed by atoms with Crippen molar-refractivity contribution in [2.45, 2.75) is 25.3 Å². The molecule has 0 spiro atoms. The Bertz CT molecular complexity index is 576. The number of aromatic nitrogens is 2. The van der Waals surface area contributed by atoms with Crippen LogP contribution in [0.1, 0.15) is 25.6 Å². The van der Waals surface area contributed by atoms with Crippen LogP contribution in [0.5, 0.6) is 0 Å². The molecule has 1 saturated heterocycles. The first kappa shape index (κ1) is 12.0. The Balaban J connectivity index is 2.09. The SMILES string of the molecule is C[C@@]1(c2nc3ccccc3[nH]2)CCCN1C(=O)I. The van der Waals surface area contributed by atoms with Gasteiger partial charge in [-0.05, 0) is 31.9 Å². The fourth-order valence-corrected chi connectivity index (χ4v) is 3.47. The van der Waals surface area contributed by atoms with Gasteiger partial charge in [0.25, 0.3) is 3.91 Å². The maximum Gasteiger partial charge on any atom is 0.284 e. The number of benzene rings is 1. The fraction of sp³-hybridized carbons (Fsp3) is 0.385. The summed E-state index contributed by atoms with van der Waals surface area (Å²) in [6, 6.07) is 7.97. The number of aromatic amines is 1. The third-order valence-electron chi connectivity index (χ3n) is 3.75. The number of rotatable bonds is 1. The van der Waals surface area contributed by atoms with E-state index < -0.39 is 0 Å². The molecule has 0 radical (unpaired) electrons. The minimum Gasteiger partial charge on any atom is -0.340 e. The molecule has 0 saturated carbocycles. The van der Waals surface area contributed by atoms with Crippen molar-refractivity contribution in [3.63, 3.8) is 0 Å². The van der Waals surface area contributed by atoms with Gasteiger partial charge in [-0.1, -0.05) is 12.1 Å². The van der Waals surface area contributed by atoms with Crippen molar-refractivity contribution in [3.05, 3.63) is 30.1 Å². The number of hydrogen-bond donors (Lipinski definition) is 1. The van der Waals surface area contributed by atoms with Gasteiger partial charge < -0.3 is 9.88 Å². The number of carbonyl (C=O) groups is 1. The number of nitrogens with one attached hydrogen (secondary N) is 1. The van der Waals surface area contributed by atoms with Crippen LogP contribution in [0.3, 0.4) is 0 Å². The molecule has 1 fully saturated rings. The number of amides is 1. The Morgan fingerprint density at radius 2 is 2.28 bits per heavy atom. The minimum atomic E-state index is -0.294. The van der Waals surface area contributed by atoms with E-state index in [0.717, 1.165) is 36.2 Å². The molecule has 2 heterocycles. The monoisotopic (exact) mass is 355 g/mol. The van der Waals surface area contributed by atoms with E-state index in [1.165, 1.54) is 0 Å². The summed E-state index contributed by atoms with van der Waals surface area (Å²) in [6.45, 7) is 2.91. The Morgan fingerprint density at radius 1 is 1.50 bits per heavy atom. The Morgan fingerprint density at radius 3 is 3.00 bits per heavy atom. The van der Waals surface area contributed by atoms with Gasteiger partial charge in [-0.15, -0.1) is 0 Å². The van der Waals surface area contributed by atoms with Crippen molar-refractivity contribution in [3.8, 4) is 0 Å². The predicted octanol–water partition coefficient (Wildman–Crippen LogP) is 3.43. The van der Waals surface area contributed by atoms with Gasteiger partial charge in [0.1, 0.15) is 5.82 Å². The largest absolute Gasteiger partial charge is 0.340 e. The van der Waals surface area contributed by atoms with Gasteiger partial charge in [0.05, 0.1) is 16.6 Å². The molecule has 0 bridgehead atoms. The number of para-hydroxylation sites is 2. The maximum atomic E-state index is 11.7. The molecule has 1 aromatic carbocycles. The summed E-state index contributed by atoms with van der Waals surface area (Å²) in [4.78, 5) is 21.6. The van der Waals surface area contributed by atoms with Crippen LogP contribution in [0.25, 0.3) is 11.0 Å². The summed E-state index contributed by atoms with van der Waals surface area (Å²) in [5.74, 6) is 0.895. The van der Waals surface area contributed by atoms with Gasteiger partial charge in [-0.25, -0.2) is 4.98 Å². The minimum absolute atomic E-state index is 0.0908. The first-order valence-electron chi connectivity index (χ1n) is 6.03. The first-order chi connectivity index (χ1) is 8.61. The van der Waals surface area contributed by atoms with Gasteiger partial charge in [0, 0.05) is 29.1 Å². The van der Waals surface area contributed by atoms with Gasteiger partial charge in [-0.2, -0.15) is 0 Å². The number of carbonyl (C=O) groups excluding carboxylic acids is 1. The molecule has 3 rings (SSSR count). The molecule has 0 unspecified atom stereocenters. The molecular formula is C13H14IN3O. The van der Waals surface area contributed by atoms with Gasteiger partial charge in [-0.3, -0.25) is 4.79 Å². The number of likely N-dealkylation sites (tertiary alicyclic amines) is 1. The van der Waals surface area contributed by atoms with Gasteiger partial charge >= 0.3 is 0 Å². The Kier molecular flexibility index (Phi) is 2.80. The van der Waals surface area contributed by atoms with E-state index in [2.05, 4.69) is 16.9 Å². The van der Waals surface area contributed by atoms with Crippen LogP contribution in [0, 0.1) is 0 Å². The molecule has 1 aliphatic rings. The highest BCUT2D eigenvalue weighted by atomic mass is 127. The van der Waals surface area contributed by atoms with Crippen molar-refractivity contribution in [1.82, 2.24) is 14.9 Å². The average molecular weight is 355 g/mol. The quantitative estimate of drug-likeness (QED) is 0.484. The van der Waals surface area contributed by atoms with Crippen LogP contribution in [0.15, 0.2) is 24.3 Å². The van der Waals surface area contributed by atoms with Crippen molar-refractivity contribution in [2.75, 3.05) is 6.54 Å². The number of H-pyrrole nitrogens is 1. The summed E-state index contributed by atoms with van der Waals surface area (Å²) in [7, 11) is 0. The normalized spacial score (nSPS) is 23.8. The Labute approximate surface area is 119 Å². The zero-order chi connectivity index (χ0) is 12.8. The van der Waals surface area contributed by atoms with Crippen LogP contribution in [-0.4, -0.2) is 25.3 Å². The maximum absolute atomic E-state index is 11.7. The van der Waals surface area contributed by atoms with E-state index in [4.69, 9.17) is 0 Å². The molecule has 5 heteroatoms. The molecule has 1 N–H and O–H groups in total. The van der Waals surface area contributed by atoms with Gasteiger partial charge in [0.15, 0.2) is 0 Å². The molecule has 1 amide bonds. The van der Waals surface area contributed by atoms with E-state index in [1.807, 2.05) is 51.8 Å². The van der Waals surface area contributed by atoms with E-state index >= 15 is 0 Å². The van der Waals surface area contributed by atoms with Crippen molar-refractivity contribution >= 4 is 37.5 Å². The third kappa shape index (κ3) is 1.72. The van der Waals surface area contributed by atoms with Crippen molar-refractivity contribution in [2.24, 2.45) is 0 Å². The molecule has 1 atom stereocenters. The number of hydrogen-bond acceptors (Lipinski definition) is 2. The topological polar surface area (TPSA) is 49.0 Å². The van der Waals surface area contributed by atoms with Crippen LogP contribution >= 0.6 is 22.6 Å². The van der Waals surface area contributed by atoms with E-state index in [0.29, 0.717) is 0 Å². The lowest BCUT2D eigenvalue weighted by atomic mass is 9.98. The number of imidazole rings is 1. The van der Waals surface area contributed by atoms with Gasteiger partial charge in [0.2, 0.25) is 0 Å². The second-order valence-corrected chi connectivity index (χ2v) is 5.81. The molecule has 1 aliphatic heterocycles. The number of fused-ring (bicyclic) bond motifs is 1. The summed E-state index contributed by atoms with van der Waals surface area (Å²) < 4.78 is 0.0908. The first-order valence-corrected chi connectivity index (χ1v) is 7.11. The second-order valence-electron chi connectivity index (χ2n) is 4.88. The summed E-state index contributed by atoms with van der Waals surface area (Å²) in [5, 5.41) is 0. The standard InChI is InChI=1S/C13H14IN3O/c1-13(7-4-8-17(13)12(14)18)11-15-9-5-2-3-6-10(9)16-11/h2-3,5-6H,4,7-8H2,1H3,(H,15,16)/t13-/m0/s1. The second kappa shape index (κ2) is 4.22. The summed E-state index contributed by atoms with van der Waals surface area (Å²) in [6.07, 6.45) is 1.99. The lowest BCUT2D eigenvalue weighted by Crippen LogP contribution is -2.40. The molecule has 2 aromatic rings. The lowest BCUT2D eigenvalue weighted by molar-refractivity contribution is 0.177. The third-order valence-corrected chi connectivity index (χ3v) is 4.34. The molecule has 4 nitrogen and oxygen atoms in total. The molecule has 94 valence electrons. The zero-order valence-corrected chi connectivity index (χ0v) is 12.3. The van der Waals surface area contributed by atoms with E-state index in [-0.39, 0.29) is 9.45 Å². The van der Waals surface area contributed by atoms with E-state index in [9.17, 15) is 4.79 Å². The van der Waals surface area contributed by atoms with Crippen molar-refractivity contribution in [1.29, 1.82) is 0 Å². The highest BCUT2D eigenvalue weighted by Gasteiger charge is 2.42. The van der Waals surface area contributed by atoms with Crippen LogP contribution in [0.4, 0.5) is 4.79 Å².